The van der Waals surface area contributed by atoms with Gasteiger partial charge in [0.1, 0.15) is 0 Å². The van der Waals surface area contributed by atoms with E-state index in [-0.39, 0.29) is 19.0 Å². The fourth-order valence-electron chi connectivity index (χ4n) is 1.91. The Bertz CT molecular complexity index is 344. The molecule has 2 heterocycles. The largest absolute Gasteiger partial charge is 0.379 e. The molecule has 2 aliphatic rings. The molecule has 0 aromatic heterocycles. The molecule has 2 rings (SSSR count). The van der Waals surface area contributed by atoms with Gasteiger partial charge in [-0.15, -0.1) is 12.4 Å². The van der Waals surface area contributed by atoms with Crippen LogP contribution >= 0.6 is 12.4 Å². The molecule has 0 aromatic carbocycles. The van der Waals surface area contributed by atoms with Gasteiger partial charge in [0.2, 0.25) is 0 Å². The number of nitrogens with zero attached hydrogens (tertiary/aromatic N) is 2. The fourth-order valence-corrected chi connectivity index (χ4v) is 1.91. The van der Waals surface area contributed by atoms with Crippen LogP contribution in [0.4, 0.5) is 4.79 Å². The van der Waals surface area contributed by atoms with Crippen LogP contribution in [0, 0.1) is 0 Å². The second-order valence-electron chi connectivity index (χ2n) is 4.02. The number of carbonyl (C=O) groups excluding carboxylic acids is 3. The van der Waals surface area contributed by atoms with Gasteiger partial charge in [-0.05, 0) is 6.42 Å². The third-order valence-electron chi connectivity index (χ3n) is 2.86. The number of carbonyl (C=O) groups is 3. The predicted octanol–water partition coefficient (Wildman–Crippen LogP) is -0.791. The van der Waals surface area contributed by atoms with Crippen LogP contribution < -0.4 is 5.32 Å². The van der Waals surface area contributed by atoms with Crippen LogP contribution in [0.15, 0.2) is 0 Å². The number of imide groups is 2. The number of nitrogens with one attached hydrogen (secondary N) is 1. The monoisotopic (exact) mass is 277 g/mol. The summed E-state index contributed by atoms with van der Waals surface area (Å²) in [6.45, 7) is 4.28. The molecule has 0 saturated carbocycles. The lowest BCUT2D eigenvalue weighted by atomic mass is 10.3. The number of urea groups is 1. The van der Waals surface area contributed by atoms with E-state index in [2.05, 4.69) is 4.90 Å². The minimum Gasteiger partial charge on any atom is -0.379 e. The highest BCUT2D eigenvalue weighted by molar-refractivity contribution is 6.44. The molecule has 4 amide bonds. The second kappa shape index (κ2) is 6.67. The number of ether oxygens (including phenoxy) is 1. The molecule has 0 radical (unpaired) electrons. The molecule has 18 heavy (non-hydrogen) atoms. The van der Waals surface area contributed by atoms with E-state index >= 15 is 0 Å². The Morgan fingerprint density at radius 3 is 2.33 bits per heavy atom. The van der Waals surface area contributed by atoms with Crippen LogP contribution in [-0.4, -0.2) is 67.0 Å². The van der Waals surface area contributed by atoms with E-state index in [9.17, 15) is 14.4 Å². The second-order valence-corrected chi connectivity index (χ2v) is 4.02. The van der Waals surface area contributed by atoms with E-state index < -0.39 is 17.8 Å². The Morgan fingerprint density at radius 1 is 1.11 bits per heavy atom. The molecule has 0 atom stereocenters. The molecule has 0 bridgehead atoms. The van der Waals surface area contributed by atoms with Gasteiger partial charge in [-0.25, -0.2) is 4.79 Å². The maximum atomic E-state index is 11.3. The van der Waals surface area contributed by atoms with Crippen molar-refractivity contribution in [3.05, 3.63) is 0 Å². The van der Waals surface area contributed by atoms with Gasteiger partial charge in [-0.2, -0.15) is 0 Å². The first-order chi connectivity index (χ1) is 8.18. The van der Waals surface area contributed by atoms with Crippen molar-refractivity contribution < 1.29 is 19.1 Å². The molecule has 0 unspecified atom stereocenters. The first-order valence-corrected chi connectivity index (χ1v) is 5.65. The zero-order chi connectivity index (χ0) is 12.3. The number of morpholine rings is 1. The van der Waals surface area contributed by atoms with Gasteiger partial charge in [0, 0.05) is 26.2 Å². The SMILES string of the molecule is Cl.O=C1NC(=O)N(CCCN2CCOCC2)C1=O. The van der Waals surface area contributed by atoms with E-state index in [4.69, 9.17) is 4.74 Å². The van der Waals surface area contributed by atoms with Crippen molar-refractivity contribution in [1.82, 2.24) is 15.1 Å². The summed E-state index contributed by atoms with van der Waals surface area (Å²) in [5, 5.41) is 1.97. The molecular weight excluding hydrogens is 262 g/mol. The number of amides is 4. The van der Waals surface area contributed by atoms with Gasteiger partial charge in [-0.3, -0.25) is 24.7 Å². The fraction of sp³-hybridized carbons (Fsp3) is 0.700. The number of hydrogen-bond acceptors (Lipinski definition) is 5. The highest BCUT2D eigenvalue weighted by Crippen LogP contribution is 2.03. The summed E-state index contributed by atoms with van der Waals surface area (Å²) in [4.78, 5) is 36.6. The molecule has 0 spiro atoms. The normalized spacial score (nSPS) is 20.9. The van der Waals surface area contributed by atoms with Crippen molar-refractivity contribution in [3.63, 3.8) is 0 Å². The molecule has 7 nitrogen and oxygen atoms in total. The average Bonchev–Trinajstić information content (AvgIpc) is 2.57. The number of rotatable bonds is 4. The van der Waals surface area contributed by atoms with Crippen LogP contribution in [0.2, 0.25) is 0 Å². The van der Waals surface area contributed by atoms with Crippen molar-refractivity contribution in [2.45, 2.75) is 6.42 Å². The minimum absolute atomic E-state index is 0. The van der Waals surface area contributed by atoms with Gasteiger partial charge < -0.3 is 4.74 Å². The summed E-state index contributed by atoms with van der Waals surface area (Å²) < 4.78 is 5.21. The highest BCUT2D eigenvalue weighted by Gasteiger charge is 2.36. The van der Waals surface area contributed by atoms with Gasteiger partial charge in [0.25, 0.3) is 0 Å². The van der Waals surface area contributed by atoms with Crippen molar-refractivity contribution in [1.29, 1.82) is 0 Å². The van der Waals surface area contributed by atoms with E-state index in [0.717, 1.165) is 37.7 Å². The van der Waals surface area contributed by atoms with Gasteiger partial charge in [0.05, 0.1) is 13.2 Å². The summed E-state index contributed by atoms with van der Waals surface area (Å²) in [6, 6.07) is -0.609. The Labute approximate surface area is 111 Å². The summed E-state index contributed by atoms with van der Waals surface area (Å²) in [5.74, 6) is -1.58. The van der Waals surface area contributed by atoms with Crippen molar-refractivity contribution in [2.75, 3.05) is 39.4 Å². The molecule has 102 valence electrons. The smallest absolute Gasteiger partial charge is 0.331 e. The van der Waals surface area contributed by atoms with Crippen molar-refractivity contribution in [3.8, 4) is 0 Å². The summed E-state index contributed by atoms with van der Waals surface area (Å²) >= 11 is 0. The molecule has 0 aromatic rings. The Morgan fingerprint density at radius 2 is 1.78 bits per heavy atom. The van der Waals surface area contributed by atoms with Crippen LogP contribution in [0.5, 0.6) is 0 Å². The number of hydrogen-bond donors (Lipinski definition) is 1. The maximum absolute atomic E-state index is 11.3. The van der Waals surface area contributed by atoms with Gasteiger partial charge in [-0.1, -0.05) is 0 Å². The van der Waals surface area contributed by atoms with E-state index in [1.807, 2.05) is 5.32 Å². The molecule has 2 saturated heterocycles. The first-order valence-electron chi connectivity index (χ1n) is 5.65. The molecule has 2 fully saturated rings. The Hall–Kier alpha value is -1.18. The third kappa shape index (κ3) is 3.41. The molecule has 1 N–H and O–H groups in total. The minimum atomic E-state index is -0.832. The van der Waals surface area contributed by atoms with Crippen LogP contribution in [0.25, 0.3) is 0 Å². The predicted molar refractivity (Wildman–Crippen MR) is 64.4 cm³/mol. The zero-order valence-electron chi connectivity index (χ0n) is 9.89. The van der Waals surface area contributed by atoms with Crippen molar-refractivity contribution in [2.24, 2.45) is 0 Å². The standard InChI is InChI=1S/C10H15N3O4.ClH/c14-8-9(15)13(10(16)11-8)3-1-2-12-4-6-17-7-5-12;/h1-7H2,(H,11,14,16);1H. The van der Waals surface area contributed by atoms with Crippen LogP contribution in [0.1, 0.15) is 6.42 Å². The average molecular weight is 278 g/mol. The van der Waals surface area contributed by atoms with Gasteiger partial charge in [0.15, 0.2) is 0 Å². The maximum Gasteiger partial charge on any atom is 0.331 e. The topological polar surface area (TPSA) is 79.0 Å². The molecular formula is C10H16ClN3O4. The lowest BCUT2D eigenvalue weighted by Crippen LogP contribution is -2.39. The van der Waals surface area contributed by atoms with Crippen LogP contribution in [-0.2, 0) is 14.3 Å². The highest BCUT2D eigenvalue weighted by atomic mass is 35.5. The van der Waals surface area contributed by atoms with E-state index in [1.54, 1.807) is 0 Å². The lowest BCUT2D eigenvalue weighted by Gasteiger charge is -2.26. The van der Waals surface area contributed by atoms with Crippen LogP contribution in [0.3, 0.4) is 0 Å². The lowest BCUT2D eigenvalue weighted by molar-refractivity contribution is -0.140. The molecule has 2 aliphatic heterocycles. The number of halogens is 1. The van der Waals surface area contributed by atoms with Crippen molar-refractivity contribution >= 4 is 30.3 Å². The summed E-state index contributed by atoms with van der Waals surface area (Å²) in [6.07, 6.45) is 0.673. The van der Waals surface area contributed by atoms with E-state index in [0.29, 0.717) is 6.42 Å². The summed E-state index contributed by atoms with van der Waals surface area (Å²) in [7, 11) is 0. The Balaban J connectivity index is 0.00000162. The Kier molecular flexibility index (Phi) is 5.52. The quantitative estimate of drug-likeness (QED) is 0.538. The van der Waals surface area contributed by atoms with E-state index in [1.165, 1.54) is 0 Å². The zero-order valence-corrected chi connectivity index (χ0v) is 10.7. The first kappa shape index (κ1) is 14.9. The third-order valence-corrected chi connectivity index (χ3v) is 2.86. The molecule has 8 heteroatoms. The summed E-state index contributed by atoms with van der Waals surface area (Å²) in [5.41, 5.74) is 0. The molecule has 0 aliphatic carbocycles. The van der Waals surface area contributed by atoms with Gasteiger partial charge >= 0.3 is 17.8 Å².